The fourth-order valence-electron chi connectivity index (χ4n) is 1.68. The van der Waals surface area contributed by atoms with Gasteiger partial charge in [-0.3, -0.25) is 4.79 Å². The molecule has 0 bridgehead atoms. The summed E-state index contributed by atoms with van der Waals surface area (Å²) in [7, 11) is 0. The molecule has 1 amide bonds. The van der Waals surface area contributed by atoms with E-state index in [0.29, 0.717) is 12.3 Å². The Kier molecular flexibility index (Phi) is 3.11. The van der Waals surface area contributed by atoms with Crippen LogP contribution in [0.4, 0.5) is 0 Å². The summed E-state index contributed by atoms with van der Waals surface area (Å²) in [6, 6.07) is 10.1. The van der Waals surface area contributed by atoms with Gasteiger partial charge in [-0.1, -0.05) is 36.4 Å². The second-order valence-electron chi connectivity index (χ2n) is 3.41. The van der Waals surface area contributed by atoms with Crippen LogP contribution in [-0.2, 0) is 4.79 Å². The van der Waals surface area contributed by atoms with E-state index in [1.165, 1.54) is 5.56 Å². The molecule has 3 heteroatoms. The van der Waals surface area contributed by atoms with Crippen LogP contribution in [0, 0.1) is 0 Å². The van der Waals surface area contributed by atoms with Crippen molar-refractivity contribution in [3.05, 3.63) is 48.6 Å². The Morgan fingerprint density at radius 2 is 2.20 bits per heavy atom. The van der Waals surface area contributed by atoms with Crippen molar-refractivity contribution >= 4 is 17.7 Å². The summed E-state index contributed by atoms with van der Waals surface area (Å²) < 4.78 is 0. The average molecular weight is 219 g/mol. The van der Waals surface area contributed by atoms with Gasteiger partial charge in [0.15, 0.2) is 0 Å². The Bertz CT molecular complexity index is 363. The highest BCUT2D eigenvalue weighted by molar-refractivity contribution is 8.00. The van der Waals surface area contributed by atoms with Gasteiger partial charge in [0.2, 0.25) is 5.91 Å². The normalized spacial score (nSPS) is 20.7. The fraction of sp³-hybridized carbons (Fsp3) is 0.250. The third-order valence-electron chi connectivity index (χ3n) is 2.38. The molecule has 1 atom stereocenters. The number of hydrogen-bond donors (Lipinski definition) is 0. The van der Waals surface area contributed by atoms with Gasteiger partial charge >= 0.3 is 0 Å². The number of thioether (sulfide) groups is 1. The quantitative estimate of drug-likeness (QED) is 0.728. The SMILES string of the molecule is C=CCN1C(=O)CS[C@H]1c1ccccc1. The molecule has 1 aromatic rings. The highest BCUT2D eigenvalue weighted by Crippen LogP contribution is 2.37. The Labute approximate surface area is 94.0 Å². The molecule has 2 rings (SSSR count). The minimum atomic E-state index is 0.164. The van der Waals surface area contributed by atoms with Crippen LogP contribution in [0.2, 0.25) is 0 Å². The van der Waals surface area contributed by atoms with Gasteiger partial charge in [0.1, 0.15) is 5.37 Å². The monoisotopic (exact) mass is 219 g/mol. The number of nitrogens with zero attached hydrogens (tertiary/aromatic N) is 1. The minimum absolute atomic E-state index is 0.164. The topological polar surface area (TPSA) is 20.3 Å². The third kappa shape index (κ3) is 2.07. The molecule has 0 radical (unpaired) electrons. The largest absolute Gasteiger partial charge is 0.322 e. The van der Waals surface area contributed by atoms with Crippen molar-refractivity contribution in [1.82, 2.24) is 4.90 Å². The van der Waals surface area contributed by atoms with E-state index in [-0.39, 0.29) is 11.3 Å². The van der Waals surface area contributed by atoms with Crippen molar-refractivity contribution in [2.45, 2.75) is 5.37 Å². The first-order valence-corrected chi connectivity index (χ1v) is 5.94. The average Bonchev–Trinajstić information content (AvgIpc) is 2.63. The van der Waals surface area contributed by atoms with Gasteiger partial charge in [-0.15, -0.1) is 18.3 Å². The molecule has 1 fully saturated rings. The number of benzene rings is 1. The lowest BCUT2D eigenvalue weighted by Gasteiger charge is -2.22. The Balaban J connectivity index is 2.22. The maximum absolute atomic E-state index is 11.6. The molecule has 1 aromatic carbocycles. The molecule has 15 heavy (non-hydrogen) atoms. The molecule has 1 aliphatic heterocycles. The zero-order chi connectivity index (χ0) is 10.7. The molecule has 1 aliphatic rings. The van der Waals surface area contributed by atoms with Gasteiger partial charge in [-0.05, 0) is 5.56 Å². The first-order valence-electron chi connectivity index (χ1n) is 4.90. The Morgan fingerprint density at radius 1 is 1.47 bits per heavy atom. The van der Waals surface area contributed by atoms with E-state index in [1.54, 1.807) is 17.8 Å². The summed E-state index contributed by atoms with van der Waals surface area (Å²) in [5.41, 5.74) is 1.19. The molecule has 1 saturated heterocycles. The Morgan fingerprint density at radius 3 is 2.87 bits per heavy atom. The zero-order valence-corrected chi connectivity index (χ0v) is 9.24. The third-order valence-corrected chi connectivity index (χ3v) is 3.63. The van der Waals surface area contributed by atoms with Crippen molar-refractivity contribution < 1.29 is 4.79 Å². The standard InChI is InChI=1S/C12H13NOS/c1-2-8-13-11(14)9-15-12(13)10-6-4-3-5-7-10/h2-7,12H,1,8-9H2/t12-/m0/s1. The smallest absolute Gasteiger partial charge is 0.234 e. The van der Waals surface area contributed by atoms with E-state index in [4.69, 9.17) is 0 Å². The highest BCUT2D eigenvalue weighted by Gasteiger charge is 2.31. The zero-order valence-electron chi connectivity index (χ0n) is 8.43. The molecule has 2 nitrogen and oxygen atoms in total. The number of carbonyl (C=O) groups excluding carboxylic acids is 1. The molecule has 78 valence electrons. The van der Waals surface area contributed by atoms with Crippen LogP contribution in [0.25, 0.3) is 0 Å². The number of amides is 1. The second-order valence-corrected chi connectivity index (χ2v) is 4.48. The van der Waals surface area contributed by atoms with Crippen LogP contribution in [0.15, 0.2) is 43.0 Å². The first kappa shape index (κ1) is 10.3. The van der Waals surface area contributed by atoms with Crippen molar-refractivity contribution in [2.24, 2.45) is 0 Å². The van der Waals surface area contributed by atoms with E-state index in [9.17, 15) is 4.79 Å². The van der Waals surface area contributed by atoms with Gasteiger partial charge in [0.05, 0.1) is 5.75 Å². The molecular formula is C12H13NOS. The lowest BCUT2D eigenvalue weighted by molar-refractivity contribution is -0.127. The van der Waals surface area contributed by atoms with Gasteiger partial charge in [-0.2, -0.15) is 0 Å². The van der Waals surface area contributed by atoms with Crippen LogP contribution in [0.1, 0.15) is 10.9 Å². The Hall–Kier alpha value is -1.22. The van der Waals surface area contributed by atoms with Crippen LogP contribution < -0.4 is 0 Å². The van der Waals surface area contributed by atoms with E-state index in [1.807, 2.05) is 23.1 Å². The van der Waals surface area contributed by atoms with E-state index < -0.39 is 0 Å². The van der Waals surface area contributed by atoms with Crippen molar-refractivity contribution in [3.8, 4) is 0 Å². The van der Waals surface area contributed by atoms with Gasteiger partial charge < -0.3 is 4.90 Å². The molecule has 0 spiro atoms. The number of carbonyl (C=O) groups is 1. The number of hydrogen-bond acceptors (Lipinski definition) is 2. The van der Waals surface area contributed by atoms with Crippen molar-refractivity contribution in [3.63, 3.8) is 0 Å². The van der Waals surface area contributed by atoms with E-state index >= 15 is 0 Å². The van der Waals surface area contributed by atoms with Gasteiger partial charge in [0, 0.05) is 6.54 Å². The summed E-state index contributed by atoms with van der Waals surface area (Å²) in [5.74, 6) is 0.779. The van der Waals surface area contributed by atoms with Crippen LogP contribution in [-0.4, -0.2) is 23.1 Å². The lowest BCUT2D eigenvalue weighted by atomic mass is 10.2. The number of rotatable bonds is 3. The van der Waals surface area contributed by atoms with Crippen LogP contribution in [0.5, 0.6) is 0 Å². The van der Waals surface area contributed by atoms with Gasteiger partial charge in [0.25, 0.3) is 0 Å². The maximum atomic E-state index is 11.6. The molecule has 0 aromatic heterocycles. The predicted octanol–water partition coefficient (Wildman–Crippen LogP) is 2.45. The minimum Gasteiger partial charge on any atom is -0.322 e. The molecule has 0 saturated carbocycles. The van der Waals surface area contributed by atoms with E-state index in [0.717, 1.165) is 0 Å². The summed E-state index contributed by atoms with van der Waals surface area (Å²) in [4.78, 5) is 13.5. The van der Waals surface area contributed by atoms with Crippen LogP contribution in [0.3, 0.4) is 0 Å². The lowest BCUT2D eigenvalue weighted by Crippen LogP contribution is -2.28. The fourth-order valence-corrected chi connectivity index (χ4v) is 2.88. The van der Waals surface area contributed by atoms with Crippen molar-refractivity contribution in [1.29, 1.82) is 0 Å². The van der Waals surface area contributed by atoms with Gasteiger partial charge in [-0.25, -0.2) is 0 Å². The van der Waals surface area contributed by atoms with E-state index in [2.05, 4.69) is 18.7 Å². The maximum Gasteiger partial charge on any atom is 0.234 e. The summed E-state index contributed by atoms with van der Waals surface area (Å²) >= 11 is 1.68. The molecule has 0 aliphatic carbocycles. The predicted molar refractivity (Wildman–Crippen MR) is 63.6 cm³/mol. The second kappa shape index (κ2) is 4.53. The first-order chi connectivity index (χ1) is 7.33. The molecule has 1 heterocycles. The molecule has 0 N–H and O–H groups in total. The summed E-state index contributed by atoms with van der Waals surface area (Å²) in [5, 5.41) is 0.164. The van der Waals surface area contributed by atoms with Crippen molar-refractivity contribution in [2.75, 3.05) is 12.3 Å². The van der Waals surface area contributed by atoms with Crippen LogP contribution >= 0.6 is 11.8 Å². The summed E-state index contributed by atoms with van der Waals surface area (Å²) in [6.45, 7) is 4.31. The highest BCUT2D eigenvalue weighted by atomic mass is 32.2. The molecular weight excluding hydrogens is 206 g/mol. The summed E-state index contributed by atoms with van der Waals surface area (Å²) in [6.07, 6.45) is 1.78. The molecule has 0 unspecified atom stereocenters.